The first kappa shape index (κ1) is 20.4. The van der Waals surface area contributed by atoms with Gasteiger partial charge in [0, 0.05) is 32.5 Å². The summed E-state index contributed by atoms with van der Waals surface area (Å²) in [6.07, 6.45) is 4.02. The number of methoxy groups -OCH3 is 1. The van der Waals surface area contributed by atoms with Crippen molar-refractivity contribution in [1.82, 2.24) is 19.4 Å². The van der Waals surface area contributed by atoms with Crippen molar-refractivity contribution in [2.45, 2.75) is 12.2 Å². The monoisotopic (exact) mass is 414 g/mol. The number of para-hydroxylation sites is 1. The summed E-state index contributed by atoms with van der Waals surface area (Å²) in [5, 5.41) is 0. The molecular weight excluding hydrogens is 388 g/mol. The van der Waals surface area contributed by atoms with E-state index >= 15 is 0 Å². The molecule has 1 aromatic heterocycles. The molecule has 1 unspecified atom stereocenters. The van der Waals surface area contributed by atoms with Gasteiger partial charge in [-0.2, -0.15) is 0 Å². The van der Waals surface area contributed by atoms with E-state index in [-0.39, 0.29) is 24.9 Å². The number of aromatic nitrogens is 2. The van der Waals surface area contributed by atoms with Crippen molar-refractivity contribution >= 4 is 11.8 Å². The summed E-state index contributed by atoms with van der Waals surface area (Å²) in [6, 6.07) is 7.14. The molecule has 9 heteroatoms. The van der Waals surface area contributed by atoms with Gasteiger partial charge in [0.1, 0.15) is 5.75 Å². The van der Waals surface area contributed by atoms with Gasteiger partial charge in [0.05, 0.1) is 39.0 Å². The number of hydrogen-bond acceptors (Lipinski definition) is 6. The van der Waals surface area contributed by atoms with Crippen molar-refractivity contribution in [2.75, 3.05) is 46.5 Å². The van der Waals surface area contributed by atoms with E-state index in [0.29, 0.717) is 49.9 Å². The van der Waals surface area contributed by atoms with E-state index in [2.05, 4.69) is 4.98 Å². The zero-order valence-electron chi connectivity index (χ0n) is 17.2. The van der Waals surface area contributed by atoms with Crippen LogP contribution in [0.25, 0.3) is 0 Å². The van der Waals surface area contributed by atoms with Gasteiger partial charge in [0.25, 0.3) is 11.8 Å². The molecule has 1 spiro atoms. The number of rotatable bonds is 3. The highest BCUT2D eigenvalue weighted by Gasteiger charge is 2.44. The number of carbonyl (C=O) groups excluding carboxylic acids is 2. The third-order valence-corrected chi connectivity index (χ3v) is 5.45. The average Bonchev–Trinajstić information content (AvgIpc) is 3.10. The minimum absolute atomic E-state index is 0.148. The van der Waals surface area contributed by atoms with Crippen molar-refractivity contribution in [3.05, 3.63) is 48.0 Å². The summed E-state index contributed by atoms with van der Waals surface area (Å²) in [5.41, 5.74) is 0.492. The Morgan fingerprint density at radius 2 is 1.80 bits per heavy atom. The maximum atomic E-state index is 13.2. The van der Waals surface area contributed by atoms with Crippen LogP contribution < -0.4 is 4.74 Å². The fourth-order valence-corrected chi connectivity index (χ4v) is 3.92. The van der Waals surface area contributed by atoms with Gasteiger partial charge in [0.2, 0.25) is 5.79 Å². The molecule has 3 heterocycles. The van der Waals surface area contributed by atoms with E-state index < -0.39 is 5.79 Å². The molecule has 160 valence electrons. The van der Waals surface area contributed by atoms with Crippen molar-refractivity contribution in [3.8, 4) is 5.75 Å². The maximum absolute atomic E-state index is 13.2. The standard InChI is InChI=1S/C21H26N4O5/c1-23-10-8-22-18(23)20(27)24-9-5-12-29-21(14-24)15-25(11-13-30-21)19(26)16-6-3-4-7-17(16)28-2/h3-4,6-8,10H,5,9,11-15H2,1-2H3. The van der Waals surface area contributed by atoms with E-state index in [0.717, 1.165) is 0 Å². The predicted molar refractivity (Wildman–Crippen MR) is 107 cm³/mol. The van der Waals surface area contributed by atoms with Gasteiger partial charge < -0.3 is 28.6 Å². The molecule has 0 radical (unpaired) electrons. The minimum Gasteiger partial charge on any atom is -0.496 e. The largest absolute Gasteiger partial charge is 0.496 e. The van der Waals surface area contributed by atoms with Crippen LogP contribution in [0.4, 0.5) is 0 Å². The van der Waals surface area contributed by atoms with Crippen LogP contribution in [-0.2, 0) is 16.5 Å². The Balaban J connectivity index is 1.54. The molecule has 1 aromatic carbocycles. The van der Waals surface area contributed by atoms with Gasteiger partial charge >= 0.3 is 0 Å². The summed E-state index contributed by atoms with van der Waals surface area (Å²) in [6.45, 7) is 2.21. The highest BCUT2D eigenvalue weighted by molar-refractivity contribution is 5.97. The first-order valence-electron chi connectivity index (χ1n) is 10.00. The molecule has 30 heavy (non-hydrogen) atoms. The smallest absolute Gasteiger partial charge is 0.290 e. The summed E-state index contributed by atoms with van der Waals surface area (Å²) in [4.78, 5) is 33.8. The second-order valence-electron chi connectivity index (χ2n) is 7.48. The average molecular weight is 414 g/mol. The molecular formula is C21H26N4O5. The SMILES string of the molecule is COc1ccccc1C(=O)N1CCOC2(C1)CN(C(=O)c1nccn1C)CCCO2. The lowest BCUT2D eigenvalue weighted by molar-refractivity contribution is -0.258. The van der Waals surface area contributed by atoms with Crippen LogP contribution in [0.2, 0.25) is 0 Å². The molecule has 9 nitrogen and oxygen atoms in total. The van der Waals surface area contributed by atoms with Gasteiger partial charge in [0.15, 0.2) is 5.82 Å². The summed E-state index contributed by atoms with van der Waals surface area (Å²) >= 11 is 0. The van der Waals surface area contributed by atoms with Crippen LogP contribution >= 0.6 is 0 Å². The van der Waals surface area contributed by atoms with Crippen LogP contribution in [0.5, 0.6) is 5.75 Å². The lowest BCUT2D eigenvalue weighted by Gasteiger charge is -2.43. The molecule has 2 aliphatic heterocycles. The lowest BCUT2D eigenvalue weighted by Crippen LogP contribution is -2.59. The van der Waals surface area contributed by atoms with E-state index in [9.17, 15) is 9.59 Å². The van der Waals surface area contributed by atoms with Crippen LogP contribution in [0.15, 0.2) is 36.7 Å². The third-order valence-electron chi connectivity index (χ3n) is 5.45. The van der Waals surface area contributed by atoms with Gasteiger partial charge in [-0.1, -0.05) is 12.1 Å². The minimum atomic E-state index is -1.06. The Bertz CT molecular complexity index is 930. The Morgan fingerprint density at radius 3 is 2.53 bits per heavy atom. The number of imidazole rings is 1. The fraction of sp³-hybridized carbons (Fsp3) is 0.476. The number of ether oxygens (including phenoxy) is 3. The van der Waals surface area contributed by atoms with Gasteiger partial charge in [-0.05, 0) is 18.6 Å². The van der Waals surface area contributed by atoms with Crippen molar-refractivity contribution in [2.24, 2.45) is 7.05 Å². The first-order chi connectivity index (χ1) is 14.5. The molecule has 0 aliphatic carbocycles. The fourth-order valence-electron chi connectivity index (χ4n) is 3.92. The van der Waals surface area contributed by atoms with Gasteiger partial charge in [-0.3, -0.25) is 9.59 Å². The molecule has 2 aromatic rings. The quantitative estimate of drug-likeness (QED) is 0.749. The molecule has 0 saturated carbocycles. The number of hydrogen-bond donors (Lipinski definition) is 0. The molecule has 2 aliphatic rings. The number of benzene rings is 1. The number of morpholine rings is 1. The zero-order valence-corrected chi connectivity index (χ0v) is 17.2. The molecule has 2 fully saturated rings. The lowest BCUT2D eigenvalue weighted by atomic mass is 10.1. The van der Waals surface area contributed by atoms with Gasteiger partial charge in [-0.15, -0.1) is 0 Å². The van der Waals surface area contributed by atoms with Crippen LogP contribution in [0, 0.1) is 0 Å². The summed E-state index contributed by atoms with van der Waals surface area (Å²) in [7, 11) is 3.33. The topological polar surface area (TPSA) is 86.1 Å². The molecule has 2 amide bonds. The highest BCUT2D eigenvalue weighted by atomic mass is 16.7. The predicted octanol–water partition coefficient (Wildman–Crippen LogP) is 1.16. The van der Waals surface area contributed by atoms with Crippen molar-refractivity contribution in [3.63, 3.8) is 0 Å². The number of amides is 2. The van der Waals surface area contributed by atoms with Crippen LogP contribution in [0.3, 0.4) is 0 Å². The third kappa shape index (κ3) is 3.90. The zero-order chi connectivity index (χ0) is 21.1. The molecule has 0 bridgehead atoms. The van der Waals surface area contributed by atoms with E-state index in [1.54, 1.807) is 59.1 Å². The Morgan fingerprint density at radius 1 is 1.07 bits per heavy atom. The molecule has 0 N–H and O–H groups in total. The van der Waals surface area contributed by atoms with Crippen molar-refractivity contribution < 1.29 is 23.8 Å². The Kier molecular flexibility index (Phi) is 5.74. The van der Waals surface area contributed by atoms with E-state index in [1.807, 2.05) is 6.07 Å². The van der Waals surface area contributed by atoms with Gasteiger partial charge in [-0.25, -0.2) is 4.98 Å². The Labute approximate surface area is 175 Å². The van der Waals surface area contributed by atoms with E-state index in [4.69, 9.17) is 14.2 Å². The number of nitrogens with zero attached hydrogens (tertiary/aromatic N) is 4. The van der Waals surface area contributed by atoms with Crippen LogP contribution in [-0.4, -0.2) is 83.5 Å². The molecule has 1 atom stereocenters. The molecule has 2 saturated heterocycles. The maximum Gasteiger partial charge on any atom is 0.290 e. The molecule has 4 rings (SSSR count). The van der Waals surface area contributed by atoms with E-state index in [1.165, 1.54) is 0 Å². The number of aryl methyl sites for hydroxylation is 1. The number of carbonyl (C=O) groups is 2. The summed E-state index contributed by atoms with van der Waals surface area (Å²) in [5.74, 6) is -0.497. The van der Waals surface area contributed by atoms with Crippen LogP contribution in [0.1, 0.15) is 27.4 Å². The Hall–Kier alpha value is -2.91. The second kappa shape index (κ2) is 8.45. The van der Waals surface area contributed by atoms with Crippen molar-refractivity contribution in [1.29, 1.82) is 0 Å². The first-order valence-corrected chi connectivity index (χ1v) is 10.00. The normalized spacial score (nSPS) is 22.1. The summed E-state index contributed by atoms with van der Waals surface area (Å²) < 4.78 is 19.1. The second-order valence-corrected chi connectivity index (χ2v) is 7.48. The highest BCUT2D eigenvalue weighted by Crippen LogP contribution is 2.27.